The maximum absolute atomic E-state index is 5.30. The van der Waals surface area contributed by atoms with E-state index in [9.17, 15) is 0 Å². The van der Waals surface area contributed by atoms with E-state index in [0.29, 0.717) is 0 Å². The Kier molecular flexibility index (Phi) is 3.03. The van der Waals surface area contributed by atoms with Gasteiger partial charge in [0.2, 0.25) is 5.27 Å². The van der Waals surface area contributed by atoms with Crippen LogP contribution in [0.5, 0.6) is 0 Å². The standard InChI is InChI=1S/C8H9N4O.ClH/c1-6-4-2-3-5-7(6)12-10-8(9)13-11-12;/h2-5H,1H3,(H2,9,10,11);1H/q+1;/p-1. The van der Waals surface area contributed by atoms with Gasteiger partial charge in [-0.05, 0) is 6.92 Å². The second-order valence-electron chi connectivity index (χ2n) is 2.69. The van der Waals surface area contributed by atoms with Crippen LogP contribution < -0.4 is 22.9 Å². The molecule has 2 N–H and O–H groups in total. The minimum Gasteiger partial charge on any atom is -1.00 e. The van der Waals surface area contributed by atoms with Gasteiger partial charge in [0.05, 0.1) is 5.10 Å². The molecule has 1 aromatic heterocycles. The third-order valence-electron chi connectivity index (χ3n) is 1.74. The predicted molar refractivity (Wildman–Crippen MR) is 45.0 cm³/mol. The molecule has 0 atom stereocenters. The number of hydrogen-bond donors (Lipinski definition) is 1. The molecular weight excluding hydrogens is 204 g/mol. The van der Waals surface area contributed by atoms with Crippen molar-refractivity contribution >= 4 is 6.01 Å². The first-order valence-electron chi connectivity index (χ1n) is 3.85. The van der Waals surface area contributed by atoms with Gasteiger partial charge in [0.1, 0.15) is 4.80 Å². The third kappa shape index (κ3) is 1.82. The average Bonchev–Trinajstić information content (AvgIpc) is 2.53. The van der Waals surface area contributed by atoms with E-state index in [1.165, 1.54) is 4.80 Å². The van der Waals surface area contributed by atoms with Gasteiger partial charge in [0, 0.05) is 11.6 Å². The zero-order valence-corrected chi connectivity index (χ0v) is 8.27. The van der Waals surface area contributed by atoms with Crippen molar-refractivity contribution in [3.8, 4) is 5.69 Å². The predicted octanol–water partition coefficient (Wildman–Crippen LogP) is -2.76. The molecule has 0 saturated heterocycles. The van der Waals surface area contributed by atoms with Crippen molar-refractivity contribution in [3.05, 3.63) is 29.8 Å². The van der Waals surface area contributed by atoms with Gasteiger partial charge in [-0.2, -0.15) is 0 Å². The number of para-hydroxylation sites is 1. The highest BCUT2D eigenvalue weighted by molar-refractivity contribution is 5.31. The van der Waals surface area contributed by atoms with Crippen molar-refractivity contribution in [1.29, 1.82) is 0 Å². The number of aromatic nitrogens is 3. The number of nitrogens with two attached hydrogens (primary N) is 1. The summed E-state index contributed by atoms with van der Waals surface area (Å²) < 4.78 is 4.65. The number of nitrogens with zero attached hydrogens (tertiary/aromatic N) is 3. The van der Waals surface area contributed by atoms with Crippen molar-refractivity contribution in [2.45, 2.75) is 6.92 Å². The van der Waals surface area contributed by atoms with E-state index >= 15 is 0 Å². The van der Waals surface area contributed by atoms with Crippen LogP contribution in [0, 0.1) is 6.92 Å². The molecule has 0 spiro atoms. The molecule has 14 heavy (non-hydrogen) atoms. The van der Waals surface area contributed by atoms with Crippen LogP contribution in [-0.2, 0) is 0 Å². The van der Waals surface area contributed by atoms with Crippen molar-refractivity contribution in [3.63, 3.8) is 0 Å². The summed E-state index contributed by atoms with van der Waals surface area (Å²) in [5.74, 6) is 0. The summed E-state index contributed by atoms with van der Waals surface area (Å²) in [7, 11) is 0. The van der Waals surface area contributed by atoms with E-state index in [4.69, 9.17) is 5.73 Å². The largest absolute Gasteiger partial charge is 1.00 e. The van der Waals surface area contributed by atoms with E-state index < -0.39 is 0 Å². The summed E-state index contributed by atoms with van der Waals surface area (Å²) >= 11 is 0. The van der Waals surface area contributed by atoms with Gasteiger partial charge in [-0.3, -0.25) is 4.52 Å². The molecule has 2 rings (SSSR count). The van der Waals surface area contributed by atoms with Gasteiger partial charge in [0.25, 0.3) is 5.69 Å². The lowest BCUT2D eigenvalue weighted by Gasteiger charge is -1.89. The van der Waals surface area contributed by atoms with Gasteiger partial charge in [-0.15, -0.1) is 0 Å². The lowest BCUT2D eigenvalue weighted by molar-refractivity contribution is -0.725. The first kappa shape index (κ1) is 10.5. The van der Waals surface area contributed by atoms with E-state index in [2.05, 4.69) is 14.9 Å². The van der Waals surface area contributed by atoms with E-state index in [0.717, 1.165) is 11.3 Å². The Morgan fingerprint density at radius 2 is 2.07 bits per heavy atom. The lowest BCUT2D eigenvalue weighted by atomic mass is 10.2. The monoisotopic (exact) mass is 212 g/mol. The Hall–Kier alpha value is -1.62. The Balaban J connectivity index is 0.000000980. The zero-order valence-electron chi connectivity index (χ0n) is 7.51. The van der Waals surface area contributed by atoms with E-state index in [1.54, 1.807) is 0 Å². The van der Waals surface area contributed by atoms with E-state index in [1.807, 2.05) is 31.2 Å². The lowest BCUT2D eigenvalue weighted by Crippen LogP contribution is -3.00. The molecule has 6 heteroatoms. The quantitative estimate of drug-likeness (QED) is 0.520. The van der Waals surface area contributed by atoms with Crippen LogP contribution in [0.25, 0.3) is 5.69 Å². The molecule has 1 heterocycles. The van der Waals surface area contributed by atoms with Crippen molar-refractivity contribution in [2.75, 3.05) is 5.73 Å². The van der Waals surface area contributed by atoms with Crippen LogP contribution in [0.2, 0.25) is 0 Å². The number of nitrogen functional groups attached to an aromatic ring is 1. The number of hydrogen-bond acceptors (Lipinski definition) is 4. The summed E-state index contributed by atoms with van der Waals surface area (Å²) in [5, 5.41) is 7.51. The summed E-state index contributed by atoms with van der Waals surface area (Å²) in [4.78, 5) is 1.37. The molecule has 1 aromatic carbocycles. The maximum Gasteiger partial charge on any atom is 0.387 e. The highest BCUT2D eigenvalue weighted by Crippen LogP contribution is 2.04. The second-order valence-corrected chi connectivity index (χ2v) is 2.69. The topological polar surface area (TPSA) is 68.8 Å². The van der Waals surface area contributed by atoms with Crippen LogP contribution in [0.1, 0.15) is 5.56 Å². The molecule has 74 valence electrons. The van der Waals surface area contributed by atoms with Gasteiger partial charge >= 0.3 is 6.01 Å². The number of rotatable bonds is 1. The smallest absolute Gasteiger partial charge is 0.387 e. The van der Waals surface area contributed by atoms with E-state index in [-0.39, 0.29) is 18.4 Å². The summed E-state index contributed by atoms with van der Waals surface area (Å²) in [6.07, 6.45) is 0. The maximum atomic E-state index is 5.30. The summed E-state index contributed by atoms with van der Waals surface area (Å²) in [5.41, 5.74) is 7.23. The molecule has 0 aliphatic rings. The molecule has 2 aromatic rings. The highest BCUT2D eigenvalue weighted by Gasteiger charge is 2.16. The van der Waals surface area contributed by atoms with Crippen molar-refractivity contribution < 1.29 is 21.7 Å². The molecule has 0 aliphatic carbocycles. The molecule has 0 unspecified atom stereocenters. The normalized spacial score (nSPS) is 9.50. The molecule has 0 radical (unpaired) electrons. The average molecular weight is 213 g/mol. The van der Waals surface area contributed by atoms with Gasteiger partial charge in [0.15, 0.2) is 0 Å². The molecule has 0 saturated carbocycles. The molecule has 0 amide bonds. The molecule has 5 nitrogen and oxygen atoms in total. The number of aryl methyl sites for hydroxylation is 1. The number of halogens is 1. The molecule has 0 aliphatic heterocycles. The number of benzene rings is 1. The third-order valence-corrected chi connectivity index (χ3v) is 1.74. The van der Waals surface area contributed by atoms with Crippen LogP contribution in [-0.4, -0.2) is 10.4 Å². The highest BCUT2D eigenvalue weighted by atomic mass is 35.5. The minimum atomic E-state index is 0. The summed E-state index contributed by atoms with van der Waals surface area (Å²) in [6.45, 7) is 1.97. The van der Waals surface area contributed by atoms with Crippen LogP contribution in [0.15, 0.2) is 28.8 Å². The van der Waals surface area contributed by atoms with Gasteiger partial charge in [-0.1, -0.05) is 18.2 Å². The zero-order chi connectivity index (χ0) is 9.26. The molecule has 0 fully saturated rings. The SMILES string of the molecule is Cc1ccccc1-[n+]1noc(N)n1.[Cl-]. The van der Waals surface area contributed by atoms with Crippen LogP contribution in [0.3, 0.4) is 0 Å². The van der Waals surface area contributed by atoms with Crippen LogP contribution in [0.4, 0.5) is 6.01 Å². The Labute approximate surface area is 86.9 Å². The number of anilines is 1. The fourth-order valence-corrected chi connectivity index (χ4v) is 1.10. The fraction of sp³-hybridized carbons (Fsp3) is 0.125. The first-order valence-corrected chi connectivity index (χ1v) is 3.85. The Bertz CT molecular complexity index is 429. The molecular formula is C8H9ClN4O. The van der Waals surface area contributed by atoms with Crippen LogP contribution >= 0.6 is 0 Å². The Morgan fingerprint density at radius 1 is 1.36 bits per heavy atom. The summed E-state index contributed by atoms with van der Waals surface area (Å²) in [6, 6.07) is 7.77. The first-order chi connectivity index (χ1) is 6.27. The molecule has 0 bridgehead atoms. The Morgan fingerprint density at radius 3 is 2.64 bits per heavy atom. The minimum absolute atomic E-state index is 0. The van der Waals surface area contributed by atoms with Crippen molar-refractivity contribution in [2.24, 2.45) is 0 Å². The van der Waals surface area contributed by atoms with Gasteiger partial charge < -0.3 is 18.1 Å². The fourth-order valence-electron chi connectivity index (χ4n) is 1.10. The van der Waals surface area contributed by atoms with Gasteiger partial charge in [-0.25, -0.2) is 0 Å². The van der Waals surface area contributed by atoms with Crippen molar-refractivity contribution in [1.82, 2.24) is 10.4 Å². The second kappa shape index (κ2) is 4.06.